The Kier molecular flexibility index (Phi) is 11.7. The second-order valence-corrected chi connectivity index (χ2v) is 10.4. The van der Waals surface area contributed by atoms with Crippen molar-refractivity contribution in [3.63, 3.8) is 0 Å². The van der Waals surface area contributed by atoms with Gasteiger partial charge in [0, 0.05) is 5.92 Å². The molecule has 1 aliphatic rings. The van der Waals surface area contributed by atoms with Crippen molar-refractivity contribution < 1.29 is 52.4 Å². The molecule has 0 N–H and O–H groups in total. The van der Waals surface area contributed by atoms with Gasteiger partial charge in [0.15, 0.2) is 18.4 Å². The van der Waals surface area contributed by atoms with Crippen LogP contribution in [0.15, 0.2) is 91.0 Å². The number of carbonyl (C=O) groups excluding carboxylic acids is 5. The minimum absolute atomic E-state index is 0.0138. The highest BCUT2D eigenvalue weighted by Gasteiger charge is 2.52. The minimum Gasteiger partial charge on any atom is -0.461 e. The first-order chi connectivity index (χ1) is 24.3. The van der Waals surface area contributed by atoms with E-state index in [-0.39, 0.29) is 41.3 Å². The summed E-state index contributed by atoms with van der Waals surface area (Å²) in [6.45, 7) is 2.73. The lowest BCUT2D eigenvalue weighted by atomic mass is 10.1. The van der Waals surface area contributed by atoms with Gasteiger partial charge in [-0.2, -0.15) is 0 Å². The van der Waals surface area contributed by atoms with E-state index >= 15 is 0 Å². The van der Waals surface area contributed by atoms with Crippen molar-refractivity contribution in [2.24, 2.45) is 0 Å². The lowest BCUT2D eigenvalue weighted by Gasteiger charge is -2.24. The van der Waals surface area contributed by atoms with Crippen LogP contribution in [-0.2, 0) is 33.2 Å². The van der Waals surface area contributed by atoms with Crippen molar-refractivity contribution >= 4 is 29.8 Å². The van der Waals surface area contributed by atoms with Crippen molar-refractivity contribution in [3.8, 4) is 11.8 Å². The molecule has 0 aliphatic carbocycles. The van der Waals surface area contributed by atoms with Crippen LogP contribution in [0, 0.1) is 11.8 Å². The molecular formula is C36H31N3O11. The summed E-state index contributed by atoms with van der Waals surface area (Å²) in [5.74, 6) is 0.660. The van der Waals surface area contributed by atoms with E-state index in [9.17, 15) is 24.0 Å². The number of rotatable bonds is 11. The molecule has 14 nitrogen and oxygen atoms in total. The largest absolute Gasteiger partial charge is 0.461 e. The lowest BCUT2D eigenvalue weighted by Crippen LogP contribution is -2.41. The fourth-order valence-electron chi connectivity index (χ4n) is 4.86. The monoisotopic (exact) mass is 681 g/mol. The van der Waals surface area contributed by atoms with Gasteiger partial charge in [0.2, 0.25) is 5.69 Å². The van der Waals surface area contributed by atoms with Crippen LogP contribution in [0.25, 0.3) is 0 Å². The molecule has 0 amide bonds. The zero-order valence-corrected chi connectivity index (χ0v) is 26.9. The number of esters is 5. The normalized spacial score (nSPS) is 17.8. The van der Waals surface area contributed by atoms with Gasteiger partial charge in [-0.1, -0.05) is 59.8 Å². The molecule has 2 heterocycles. The smallest absolute Gasteiger partial charge is 0.384 e. The Bertz CT molecular complexity index is 1890. The van der Waals surface area contributed by atoms with Crippen molar-refractivity contribution in [2.45, 2.75) is 38.4 Å². The van der Waals surface area contributed by atoms with Gasteiger partial charge < -0.3 is 28.4 Å². The first kappa shape index (κ1) is 35.0. The summed E-state index contributed by atoms with van der Waals surface area (Å²) in [4.78, 5) is 64.9. The third-order valence-electron chi connectivity index (χ3n) is 7.14. The van der Waals surface area contributed by atoms with E-state index in [4.69, 9.17) is 28.4 Å². The summed E-state index contributed by atoms with van der Waals surface area (Å²) >= 11 is 0. The summed E-state index contributed by atoms with van der Waals surface area (Å²) in [6.07, 6.45) is -5.64. The van der Waals surface area contributed by atoms with Crippen LogP contribution in [0.3, 0.4) is 0 Å². The van der Waals surface area contributed by atoms with Crippen LogP contribution < -0.4 is 0 Å². The number of aromatic nitrogens is 3. The average molecular weight is 682 g/mol. The van der Waals surface area contributed by atoms with E-state index in [1.54, 1.807) is 80.6 Å². The van der Waals surface area contributed by atoms with Gasteiger partial charge in [0.05, 0.1) is 29.9 Å². The first-order valence-corrected chi connectivity index (χ1v) is 15.5. The third kappa shape index (κ3) is 8.38. The predicted octanol–water partition coefficient (Wildman–Crippen LogP) is 3.58. The predicted molar refractivity (Wildman–Crippen MR) is 171 cm³/mol. The molecule has 1 aromatic heterocycles. The SMILES string of the molecule is CCOC(=O)C#Cc1c(C(=O)OCC)nnn1[C@H]1O[C@@H](COC(=O)c2ccccc2)[C@H](OC(=O)c2ccccc2)[C@@H]1OC(=O)c1ccccc1. The number of benzene rings is 3. The number of hydrogen-bond donors (Lipinski definition) is 0. The van der Waals surface area contributed by atoms with E-state index < -0.39 is 61.0 Å². The Morgan fingerprint density at radius 2 is 1.20 bits per heavy atom. The van der Waals surface area contributed by atoms with E-state index in [1.165, 1.54) is 24.3 Å². The van der Waals surface area contributed by atoms with Crippen molar-refractivity contribution in [3.05, 3.63) is 119 Å². The molecule has 0 radical (unpaired) electrons. The first-order valence-electron chi connectivity index (χ1n) is 15.5. The lowest BCUT2D eigenvalue weighted by molar-refractivity contribution is -0.136. The van der Waals surface area contributed by atoms with Crippen molar-refractivity contribution in [1.29, 1.82) is 0 Å². The Morgan fingerprint density at radius 3 is 1.74 bits per heavy atom. The van der Waals surface area contributed by atoms with Gasteiger partial charge in [-0.15, -0.1) is 5.10 Å². The van der Waals surface area contributed by atoms with E-state index in [0.29, 0.717) is 0 Å². The molecule has 1 saturated heterocycles. The van der Waals surface area contributed by atoms with Crippen LogP contribution >= 0.6 is 0 Å². The highest BCUT2D eigenvalue weighted by Crippen LogP contribution is 2.36. The maximum Gasteiger partial charge on any atom is 0.384 e. The zero-order valence-electron chi connectivity index (χ0n) is 26.9. The molecule has 4 aromatic rings. The summed E-state index contributed by atoms with van der Waals surface area (Å²) in [6, 6.07) is 24.2. The maximum absolute atomic E-state index is 13.5. The van der Waals surface area contributed by atoms with Gasteiger partial charge in [-0.25, -0.2) is 28.7 Å². The molecule has 0 bridgehead atoms. The standard InChI is InChI=1S/C36H31N3O11/c1-3-45-28(40)21-20-26-29(36(44)46-4-2)37-38-39(26)32-31(50-35(43)25-18-12-7-13-19-25)30(49-34(42)24-16-10-6-11-17-24)27(48-32)22-47-33(41)23-14-8-5-9-15-23/h5-19,27,30-32H,3-4,22H2,1-2H3/t27-,30-,31-,32-/m0/s1. The number of ether oxygens (including phenoxy) is 6. The molecule has 5 rings (SSSR count). The van der Waals surface area contributed by atoms with Gasteiger partial charge in [0.25, 0.3) is 0 Å². The second-order valence-electron chi connectivity index (χ2n) is 10.4. The highest BCUT2D eigenvalue weighted by atomic mass is 16.7. The summed E-state index contributed by atoms with van der Waals surface area (Å²) in [5, 5.41) is 7.97. The number of nitrogens with zero attached hydrogens (tertiary/aromatic N) is 3. The van der Waals surface area contributed by atoms with E-state index in [1.807, 2.05) is 0 Å². The molecule has 256 valence electrons. The van der Waals surface area contributed by atoms with Crippen LogP contribution in [0.4, 0.5) is 0 Å². The number of carbonyl (C=O) groups is 5. The Labute approximate surface area is 286 Å². The van der Waals surface area contributed by atoms with Crippen LogP contribution in [0.5, 0.6) is 0 Å². The third-order valence-corrected chi connectivity index (χ3v) is 7.14. The Morgan fingerprint density at radius 1 is 0.680 bits per heavy atom. The molecule has 50 heavy (non-hydrogen) atoms. The quantitative estimate of drug-likeness (QED) is 0.128. The second kappa shape index (κ2) is 16.7. The van der Waals surface area contributed by atoms with Crippen molar-refractivity contribution in [1.82, 2.24) is 15.0 Å². The molecule has 4 atom stereocenters. The maximum atomic E-state index is 13.5. The highest BCUT2D eigenvalue weighted by molar-refractivity contribution is 5.93. The van der Waals surface area contributed by atoms with Gasteiger partial charge in [0.1, 0.15) is 18.4 Å². The van der Waals surface area contributed by atoms with Gasteiger partial charge >= 0.3 is 29.8 Å². The van der Waals surface area contributed by atoms with Crippen molar-refractivity contribution in [2.75, 3.05) is 19.8 Å². The van der Waals surface area contributed by atoms with Crippen LogP contribution in [0.2, 0.25) is 0 Å². The molecule has 1 fully saturated rings. The molecule has 0 unspecified atom stereocenters. The Balaban J connectivity index is 1.58. The van der Waals surface area contributed by atoms with E-state index in [0.717, 1.165) is 4.68 Å². The van der Waals surface area contributed by atoms with Gasteiger partial charge in [-0.05, 0) is 56.2 Å². The van der Waals surface area contributed by atoms with Crippen LogP contribution in [-0.4, -0.2) is 83.0 Å². The summed E-state index contributed by atoms with van der Waals surface area (Å²) < 4.78 is 34.7. The molecule has 0 spiro atoms. The molecule has 0 saturated carbocycles. The molecule has 14 heteroatoms. The fourth-order valence-corrected chi connectivity index (χ4v) is 4.86. The zero-order chi connectivity index (χ0) is 35.5. The minimum atomic E-state index is -1.49. The summed E-state index contributed by atoms with van der Waals surface area (Å²) in [5.41, 5.74) is -0.0461. The van der Waals surface area contributed by atoms with Gasteiger partial charge in [-0.3, -0.25) is 0 Å². The molecule has 1 aliphatic heterocycles. The number of hydrogen-bond acceptors (Lipinski definition) is 13. The summed E-state index contributed by atoms with van der Waals surface area (Å²) in [7, 11) is 0. The molecule has 3 aromatic carbocycles. The van der Waals surface area contributed by atoms with Crippen LogP contribution in [0.1, 0.15) is 67.3 Å². The topological polar surface area (TPSA) is 171 Å². The Hall–Kier alpha value is -6.33. The fraction of sp³-hybridized carbons (Fsp3) is 0.250. The van der Waals surface area contributed by atoms with E-state index in [2.05, 4.69) is 22.2 Å². The average Bonchev–Trinajstić information content (AvgIpc) is 3.71. The molecular weight excluding hydrogens is 650 g/mol.